The molecule has 1 atom stereocenters. The molecule has 4 rings (SSSR count). The maximum atomic E-state index is 12.8. The van der Waals surface area contributed by atoms with E-state index >= 15 is 0 Å². The third kappa shape index (κ3) is 4.78. The molecule has 0 aliphatic heterocycles. The van der Waals surface area contributed by atoms with Gasteiger partial charge >= 0.3 is 12.8 Å². The number of nitrogens with zero attached hydrogens (tertiary/aromatic N) is 4. The summed E-state index contributed by atoms with van der Waals surface area (Å²) in [7, 11) is -4.57. The molecule has 1 saturated carbocycles. The Morgan fingerprint density at radius 1 is 1.23 bits per heavy atom. The van der Waals surface area contributed by atoms with E-state index in [-0.39, 0.29) is 28.9 Å². The largest absolute Gasteiger partial charge is 0.435 e. The van der Waals surface area contributed by atoms with Crippen LogP contribution < -0.4 is 9.46 Å². The zero-order chi connectivity index (χ0) is 25.5. The zero-order valence-electron chi connectivity index (χ0n) is 18.1. The molecule has 3 aromatic rings. The first-order valence-electron chi connectivity index (χ1n) is 10.4. The highest BCUT2D eigenvalue weighted by atomic mass is 32.2. The van der Waals surface area contributed by atoms with Crippen molar-refractivity contribution in [3.05, 3.63) is 36.2 Å². The lowest BCUT2D eigenvalue weighted by molar-refractivity contribution is -0.147. The lowest BCUT2D eigenvalue weighted by atomic mass is 9.92. The van der Waals surface area contributed by atoms with E-state index in [0.29, 0.717) is 17.8 Å². The lowest BCUT2D eigenvalue weighted by Gasteiger charge is -2.29. The van der Waals surface area contributed by atoms with E-state index in [9.17, 15) is 35.6 Å². The summed E-state index contributed by atoms with van der Waals surface area (Å²) in [6.45, 7) is -2.38. The number of halogens is 5. The first-order valence-corrected chi connectivity index (χ1v) is 11.8. The number of nitrogens with one attached hydrogen (secondary N) is 1. The SMILES string of the molecule is C[C@H](NS(=O)(=O)c1cnc(-c2c(C#N)c3ccc(OC(F)F)cc3n2C2CCC2)nc1)C(F)(F)F. The second-order valence-corrected chi connectivity index (χ2v) is 9.69. The number of rotatable bonds is 7. The molecule has 2 aromatic heterocycles. The molecule has 186 valence electrons. The molecule has 0 amide bonds. The van der Waals surface area contributed by atoms with Gasteiger partial charge in [0, 0.05) is 17.5 Å². The minimum absolute atomic E-state index is 0.0382. The Balaban J connectivity index is 1.80. The first kappa shape index (κ1) is 24.8. The Hall–Kier alpha value is -3.31. The summed E-state index contributed by atoms with van der Waals surface area (Å²) in [5, 5.41) is 10.3. The van der Waals surface area contributed by atoms with Gasteiger partial charge in [-0.25, -0.2) is 18.4 Å². The van der Waals surface area contributed by atoms with Crippen molar-refractivity contribution in [1.82, 2.24) is 19.3 Å². The van der Waals surface area contributed by atoms with Gasteiger partial charge in [0.2, 0.25) is 10.0 Å². The molecule has 1 fully saturated rings. The van der Waals surface area contributed by atoms with Crippen LogP contribution >= 0.6 is 0 Å². The lowest BCUT2D eigenvalue weighted by Crippen LogP contribution is -2.43. The van der Waals surface area contributed by atoms with Crippen LogP contribution in [0.25, 0.3) is 22.4 Å². The predicted octanol–water partition coefficient (Wildman–Crippen LogP) is 4.53. The van der Waals surface area contributed by atoms with E-state index in [2.05, 4.69) is 20.8 Å². The third-order valence-electron chi connectivity index (χ3n) is 5.73. The Morgan fingerprint density at radius 3 is 2.40 bits per heavy atom. The fourth-order valence-electron chi connectivity index (χ4n) is 3.77. The molecule has 1 aromatic carbocycles. The second kappa shape index (κ2) is 9.04. The van der Waals surface area contributed by atoms with E-state index in [1.165, 1.54) is 22.9 Å². The van der Waals surface area contributed by atoms with Gasteiger partial charge in [0.05, 0.1) is 23.5 Å². The van der Waals surface area contributed by atoms with Crippen LogP contribution in [0.1, 0.15) is 37.8 Å². The first-order chi connectivity index (χ1) is 16.4. The van der Waals surface area contributed by atoms with Crippen molar-refractivity contribution in [3.63, 3.8) is 0 Å². The highest BCUT2D eigenvalue weighted by Gasteiger charge is 2.39. The van der Waals surface area contributed by atoms with Gasteiger partial charge in [-0.2, -0.15) is 31.9 Å². The molecule has 8 nitrogen and oxygen atoms in total. The van der Waals surface area contributed by atoms with E-state index in [4.69, 9.17) is 0 Å². The molecule has 1 aliphatic carbocycles. The second-order valence-electron chi connectivity index (χ2n) is 7.97. The monoisotopic (exact) mass is 515 g/mol. The summed E-state index contributed by atoms with van der Waals surface area (Å²) in [6, 6.07) is 3.79. The third-order valence-corrected chi connectivity index (χ3v) is 7.22. The molecule has 0 saturated heterocycles. The summed E-state index contributed by atoms with van der Waals surface area (Å²) in [5.74, 6) is -0.141. The average molecular weight is 515 g/mol. The van der Waals surface area contributed by atoms with E-state index < -0.39 is 33.7 Å². The number of alkyl halides is 5. The van der Waals surface area contributed by atoms with E-state index in [1.54, 1.807) is 4.57 Å². The molecule has 0 radical (unpaired) electrons. The molecule has 2 heterocycles. The zero-order valence-corrected chi connectivity index (χ0v) is 18.9. The number of aromatic nitrogens is 3. The minimum Gasteiger partial charge on any atom is -0.435 e. The summed E-state index contributed by atoms with van der Waals surface area (Å²) in [6.07, 6.45) is -0.696. The molecule has 35 heavy (non-hydrogen) atoms. The normalized spacial score (nSPS) is 15.7. The topological polar surface area (TPSA) is 110 Å². The highest BCUT2D eigenvalue weighted by molar-refractivity contribution is 7.89. The van der Waals surface area contributed by atoms with E-state index in [0.717, 1.165) is 31.7 Å². The Morgan fingerprint density at radius 2 is 1.89 bits per heavy atom. The Labute approximate surface area is 196 Å². The van der Waals surface area contributed by atoms with Gasteiger partial charge in [-0.3, -0.25) is 0 Å². The predicted molar refractivity (Wildman–Crippen MR) is 113 cm³/mol. The van der Waals surface area contributed by atoms with Crippen molar-refractivity contribution in [2.75, 3.05) is 0 Å². The highest BCUT2D eigenvalue weighted by Crippen LogP contribution is 2.42. The minimum atomic E-state index is -4.79. The van der Waals surface area contributed by atoms with Crippen LogP contribution in [-0.4, -0.2) is 41.8 Å². The van der Waals surface area contributed by atoms with Crippen LogP contribution in [0.2, 0.25) is 0 Å². The molecular formula is C21H18F5N5O3S. The smallest absolute Gasteiger partial charge is 0.404 e. The van der Waals surface area contributed by atoms with Gasteiger partial charge in [0.25, 0.3) is 0 Å². The van der Waals surface area contributed by atoms with Crippen LogP contribution in [0.5, 0.6) is 5.75 Å². The van der Waals surface area contributed by atoms with Gasteiger partial charge in [-0.05, 0) is 38.3 Å². The fraction of sp³-hybridized carbons (Fsp3) is 0.381. The Kier molecular flexibility index (Phi) is 6.41. The molecule has 1 N–H and O–H groups in total. The molecule has 14 heteroatoms. The summed E-state index contributed by atoms with van der Waals surface area (Å²) >= 11 is 0. The summed E-state index contributed by atoms with van der Waals surface area (Å²) in [5.41, 5.74) is 0.845. The number of ether oxygens (including phenoxy) is 1. The van der Waals surface area contributed by atoms with Crippen molar-refractivity contribution in [2.24, 2.45) is 0 Å². The molecule has 1 aliphatic rings. The summed E-state index contributed by atoms with van der Waals surface area (Å²) in [4.78, 5) is 7.46. The van der Waals surface area contributed by atoms with Gasteiger partial charge in [0.15, 0.2) is 5.82 Å². The molecule has 0 unspecified atom stereocenters. The van der Waals surface area contributed by atoms with Crippen molar-refractivity contribution in [2.45, 2.75) is 56.0 Å². The standard InChI is InChI=1S/C21H18F5N5O3S/c1-11(21(24,25)26)30-35(32,33)14-9-28-19(29-10-14)18-16(8-27)15-6-5-13(34-20(22)23)7-17(15)31(18)12-3-2-4-12/h5-7,9-12,20,30H,2-4H2,1H3/t11-/m0/s1. The summed E-state index contributed by atoms with van der Waals surface area (Å²) < 4.78 is 96.2. The molecule has 0 bridgehead atoms. The van der Waals surface area contributed by atoms with E-state index in [1.807, 2.05) is 0 Å². The van der Waals surface area contributed by atoms with Gasteiger partial charge in [-0.1, -0.05) is 0 Å². The number of fused-ring (bicyclic) bond motifs is 1. The van der Waals surface area contributed by atoms with Crippen LogP contribution in [0.4, 0.5) is 22.0 Å². The molecule has 0 spiro atoms. The average Bonchev–Trinajstić information content (AvgIpc) is 3.04. The quantitative estimate of drug-likeness (QED) is 0.463. The maximum Gasteiger partial charge on any atom is 0.404 e. The van der Waals surface area contributed by atoms with Crippen LogP contribution in [0.3, 0.4) is 0 Å². The van der Waals surface area contributed by atoms with Crippen molar-refractivity contribution < 1.29 is 35.1 Å². The van der Waals surface area contributed by atoms with Crippen LogP contribution in [0.15, 0.2) is 35.5 Å². The molecular weight excluding hydrogens is 497 g/mol. The Bertz CT molecular complexity index is 1390. The van der Waals surface area contributed by atoms with Crippen LogP contribution in [0, 0.1) is 11.3 Å². The maximum absolute atomic E-state index is 12.8. The number of hydrogen-bond donors (Lipinski definition) is 1. The van der Waals surface area contributed by atoms with Gasteiger partial charge in [0.1, 0.15) is 28.4 Å². The van der Waals surface area contributed by atoms with Gasteiger partial charge < -0.3 is 9.30 Å². The van der Waals surface area contributed by atoms with Crippen molar-refractivity contribution >= 4 is 20.9 Å². The number of nitriles is 1. The van der Waals surface area contributed by atoms with Gasteiger partial charge in [-0.15, -0.1) is 0 Å². The fourth-order valence-corrected chi connectivity index (χ4v) is 4.89. The van der Waals surface area contributed by atoms with Crippen LogP contribution in [-0.2, 0) is 10.0 Å². The number of hydrogen-bond acceptors (Lipinski definition) is 6. The number of sulfonamides is 1. The number of benzene rings is 1. The van der Waals surface area contributed by atoms with Crippen molar-refractivity contribution in [3.8, 4) is 23.3 Å². The van der Waals surface area contributed by atoms with Crippen molar-refractivity contribution in [1.29, 1.82) is 5.26 Å².